The van der Waals surface area contributed by atoms with Gasteiger partial charge in [0.2, 0.25) is 0 Å². The SMILES string of the molecule is COc1cc2c(cc1OC)C(=O)/C(=C\c1ccccc1C)C2. The summed E-state index contributed by atoms with van der Waals surface area (Å²) in [5.41, 5.74) is 4.74. The van der Waals surface area contributed by atoms with Gasteiger partial charge in [0.15, 0.2) is 17.3 Å². The third-order valence-electron chi connectivity index (χ3n) is 4.04. The minimum atomic E-state index is 0.0687. The molecule has 0 radical (unpaired) electrons. The van der Waals surface area contributed by atoms with E-state index < -0.39 is 0 Å². The van der Waals surface area contributed by atoms with Gasteiger partial charge >= 0.3 is 0 Å². The maximum absolute atomic E-state index is 12.6. The number of fused-ring (bicyclic) bond motifs is 1. The van der Waals surface area contributed by atoms with Crippen LogP contribution < -0.4 is 9.47 Å². The lowest BCUT2D eigenvalue weighted by Gasteiger charge is -2.08. The van der Waals surface area contributed by atoms with Gasteiger partial charge in [-0.1, -0.05) is 24.3 Å². The Morgan fingerprint density at radius 2 is 1.73 bits per heavy atom. The number of allylic oxidation sites excluding steroid dienone is 1. The molecule has 0 fully saturated rings. The van der Waals surface area contributed by atoms with Gasteiger partial charge in [-0.3, -0.25) is 4.79 Å². The number of hydrogen-bond acceptors (Lipinski definition) is 3. The van der Waals surface area contributed by atoms with Gasteiger partial charge in [-0.15, -0.1) is 0 Å². The minimum absolute atomic E-state index is 0.0687. The number of methoxy groups -OCH3 is 2. The Kier molecular flexibility index (Phi) is 3.72. The molecule has 3 nitrogen and oxygen atoms in total. The van der Waals surface area contributed by atoms with E-state index in [0.29, 0.717) is 23.5 Å². The quantitative estimate of drug-likeness (QED) is 0.807. The summed E-state index contributed by atoms with van der Waals surface area (Å²) in [7, 11) is 3.18. The van der Waals surface area contributed by atoms with E-state index in [0.717, 1.165) is 22.3 Å². The summed E-state index contributed by atoms with van der Waals surface area (Å²) in [5.74, 6) is 1.32. The molecule has 0 N–H and O–H groups in total. The monoisotopic (exact) mass is 294 g/mol. The number of ether oxygens (including phenoxy) is 2. The van der Waals surface area contributed by atoms with Crippen LogP contribution in [-0.4, -0.2) is 20.0 Å². The molecule has 0 spiro atoms. The molecule has 0 unspecified atom stereocenters. The number of carbonyl (C=O) groups excluding carboxylic acids is 1. The smallest absolute Gasteiger partial charge is 0.189 e. The number of ketones is 1. The Morgan fingerprint density at radius 1 is 1.05 bits per heavy atom. The van der Waals surface area contributed by atoms with Crippen molar-refractivity contribution in [2.45, 2.75) is 13.3 Å². The van der Waals surface area contributed by atoms with E-state index in [9.17, 15) is 4.79 Å². The molecular weight excluding hydrogens is 276 g/mol. The zero-order chi connectivity index (χ0) is 15.7. The number of aryl methyl sites for hydroxylation is 1. The average Bonchev–Trinajstić information content (AvgIpc) is 2.84. The second kappa shape index (κ2) is 5.68. The molecule has 0 bridgehead atoms. The van der Waals surface area contributed by atoms with Crippen LogP contribution in [0, 0.1) is 6.92 Å². The number of Topliss-reactive ketones (excluding diaryl/α,β-unsaturated/α-hetero) is 1. The first-order chi connectivity index (χ1) is 10.6. The van der Waals surface area contributed by atoms with Gasteiger partial charge in [0, 0.05) is 17.6 Å². The fraction of sp³-hybridized carbons (Fsp3) is 0.211. The second-order valence-electron chi connectivity index (χ2n) is 5.40. The highest BCUT2D eigenvalue weighted by atomic mass is 16.5. The molecule has 0 aliphatic heterocycles. The molecular formula is C19H18O3. The van der Waals surface area contributed by atoms with Crippen molar-refractivity contribution in [2.24, 2.45) is 0 Å². The van der Waals surface area contributed by atoms with E-state index in [4.69, 9.17) is 9.47 Å². The van der Waals surface area contributed by atoms with Crippen molar-refractivity contribution in [1.82, 2.24) is 0 Å². The fourth-order valence-corrected chi connectivity index (χ4v) is 2.79. The van der Waals surface area contributed by atoms with E-state index in [1.54, 1.807) is 20.3 Å². The van der Waals surface area contributed by atoms with Crippen LogP contribution in [0.1, 0.15) is 27.0 Å². The van der Waals surface area contributed by atoms with Crippen LogP contribution in [0.5, 0.6) is 11.5 Å². The molecule has 112 valence electrons. The van der Waals surface area contributed by atoms with Crippen LogP contribution in [0.2, 0.25) is 0 Å². The van der Waals surface area contributed by atoms with Gasteiger partial charge in [0.05, 0.1) is 14.2 Å². The second-order valence-corrected chi connectivity index (χ2v) is 5.40. The molecule has 0 atom stereocenters. The molecule has 1 aliphatic rings. The highest BCUT2D eigenvalue weighted by Crippen LogP contribution is 2.37. The molecule has 3 rings (SSSR count). The molecule has 0 amide bonds. The summed E-state index contributed by atoms with van der Waals surface area (Å²) in [6.07, 6.45) is 2.61. The van der Waals surface area contributed by atoms with Crippen molar-refractivity contribution in [1.29, 1.82) is 0 Å². The summed E-state index contributed by atoms with van der Waals surface area (Å²) in [5, 5.41) is 0. The van der Waals surface area contributed by atoms with Gasteiger partial charge in [0.1, 0.15) is 0 Å². The van der Waals surface area contributed by atoms with Crippen LogP contribution in [0.3, 0.4) is 0 Å². The molecule has 0 heterocycles. The van der Waals surface area contributed by atoms with Crippen molar-refractivity contribution in [3.05, 3.63) is 64.2 Å². The van der Waals surface area contributed by atoms with E-state index in [-0.39, 0.29) is 5.78 Å². The molecule has 22 heavy (non-hydrogen) atoms. The molecule has 0 aromatic heterocycles. The van der Waals surface area contributed by atoms with E-state index in [1.807, 2.05) is 43.3 Å². The first kappa shape index (κ1) is 14.4. The van der Waals surface area contributed by atoms with Gasteiger partial charge in [-0.2, -0.15) is 0 Å². The van der Waals surface area contributed by atoms with Gasteiger partial charge in [-0.05, 0) is 41.8 Å². The maximum Gasteiger partial charge on any atom is 0.189 e. The Hall–Kier alpha value is -2.55. The average molecular weight is 294 g/mol. The normalized spacial score (nSPS) is 15.0. The van der Waals surface area contributed by atoms with E-state index >= 15 is 0 Å². The van der Waals surface area contributed by atoms with Crippen molar-refractivity contribution < 1.29 is 14.3 Å². The first-order valence-electron chi connectivity index (χ1n) is 7.20. The Labute approximate surface area is 130 Å². The predicted octanol–water partition coefficient (Wildman–Crippen LogP) is 3.83. The number of carbonyl (C=O) groups is 1. The lowest BCUT2D eigenvalue weighted by atomic mass is 10.0. The number of benzene rings is 2. The van der Waals surface area contributed by atoms with E-state index in [1.165, 1.54) is 0 Å². The molecule has 2 aromatic rings. The van der Waals surface area contributed by atoms with Crippen LogP contribution in [0.15, 0.2) is 42.0 Å². The highest BCUT2D eigenvalue weighted by Gasteiger charge is 2.27. The lowest BCUT2D eigenvalue weighted by Crippen LogP contribution is -1.97. The fourth-order valence-electron chi connectivity index (χ4n) is 2.79. The number of rotatable bonds is 3. The highest BCUT2D eigenvalue weighted by molar-refractivity contribution is 6.16. The van der Waals surface area contributed by atoms with Crippen molar-refractivity contribution in [3.63, 3.8) is 0 Å². The zero-order valence-electron chi connectivity index (χ0n) is 13.0. The summed E-state index contributed by atoms with van der Waals surface area (Å²) in [6, 6.07) is 11.7. The third-order valence-corrected chi connectivity index (χ3v) is 4.04. The van der Waals surface area contributed by atoms with Crippen molar-refractivity contribution in [2.75, 3.05) is 14.2 Å². The number of hydrogen-bond donors (Lipinski definition) is 0. The minimum Gasteiger partial charge on any atom is -0.493 e. The maximum atomic E-state index is 12.6. The topological polar surface area (TPSA) is 35.5 Å². The van der Waals surface area contributed by atoms with Crippen LogP contribution in [0.25, 0.3) is 6.08 Å². The molecule has 2 aromatic carbocycles. The predicted molar refractivity (Wildman–Crippen MR) is 86.7 cm³/mol. The van der Waals surface area contributed by atoms with Gasteiger partial charge in [0.25, 0.3) is 0 Å². The van der Waals surface area contributed by atoms with Crippen LogP contribution in [-0.2, 0) is 6.42 Å². The molecule has 0 saturated carbocycles. The molecule has 1 aliphatic carbocycles. The van der Waals surface area contributed by atoms with Crippen molar-refractivity contribution in [3.8, 4) is 11.5 Å². The van der Waals surface area contributed by atoms with Gasteiger partial charge in [-0.25, -0.2) is 0 Å². The summed E-state index contributed by atoms with van der Waals surface area (Å²) in [4.78, 5) is 12.6. The summed E-state index contributed by atoms with van der Waals surface area (Å²) < 4.78 is 10.6. The Balaban J connectivity index is 2.03. The Morgan fingerprint density at radius 3 is 2.41 bits per heavy atom. The molecule has 3 heteroatoms. The van der Waals surface area contributed by atoms with Crippen molar-refractivity contribution >= 4 is 11.9 Å². The van der Waals surface area contributed by atoms with Gasteiger partial charge < -0.3 is 9.47 Å². The summed E-state index contributed by atoms with van der Waals surface area (Å²) in [6.45, 7) is 2.05. The lowest BCUT2D eigenvalue weighted by molar-refractivity contribution is 0.104. The van der Waals surface area contributed by atoms with E-state index in [2.05, 4.69) is 0 Å². The zero-order valence-corrected chi connectivity index (χ0v) is 13.0. The standard InChI is InChI=1S/C19H18O3/c1-12-6-4-5-7-13(12)8-15-9-14-10-17(21-2)18(22-3)11-16(14)19(15)20/h4-8,10-11H,9H2,1-3H3/b15-8-. The van der Waals surface area contributed by atoms with Crippen LogP contribution in [0.4, 0.5) is 0 Å². The summed E-state index contributed by atoms with van der Waals surface area (Å²) >= 11 is 0. The third kappa shape index (κ3) is 2.39. The van der Waals surface area contributed by atoms with Crippen LogP contribution >= 0.6 is 0 Å². The Bertz CT molecular complexity index is 772. The molecule has 0 saturated heterocycles. The largest absolute Gasteiger partial charge is 0.493 e. The first-order valence-corrected chi connectivity index (χ1v) is 7.20.